The summed E-state index contributed by atoms with van der Waals surface area (Å²) in [5, 5.41) is 3.56. The zero-order valence-corrected chi connectivity index (χ0v) is 15.6. The molecule has 1 aliphatic heterocycles. The van der Waals surface area contributed by atoms with Gasteiger partial charge in [0.2, 0.25) is 5.91 Å². The molecular weight excluding hydrogens is 377 g/mol. The number of hydrogen-bond acceptors (Lipinski definition) is 5. The standard InChI is InChI=1S/C17H17Cl2N5O2/c1-11(25)23-4-6-24(7-5-23)16-9-15(20-10-21-16)17(26)22-14-8-12(18)2-3-13(14)19/h2-3,8-10H,4-7H2,1H3,(H,22,26). The van der Waals surface area contributed by atoms with Gasteiger partial charge in [0.1, 0.15) is 17.8 Å². The second kappa shape index (κ2) is 7.88. The van der Waals surface area contributed by atoms with E-state index in [0.29, 0.717) is 47.7 Å². The highest BCUT2D eigenvalue weighted by molar-refractivity contribution is 6.35. The maximum absolute atomic E-state index is 12.5. The summed E-state index contributed by atoms with van der Waals surface area (Å²) < 4.78 is 0. The third-order valence-corrected chi connectivity index (χ3v) is 4.68. The molecule has 0 unspecified atom stereocenters. The van der Waals surface area contributed by atoms with Crippen molar-refractivity contribution in [2.24, 2.45) is 0 Å². The molecule has 26 heavy (non-hydrogen) atoms. The van der Waals surface area contributed by atoms with Gasteiger partial charge in [-0.15, -0.1) is 0 Å². The molecule has 0 atom stereocenters. The van der Waals surface area contributed by atoms with E-state index in [1.54, 1.807) is 36.1 Å². The molecule has 1 fully saturated rings. The number of halogens is 2. The molecule has 1 aromatic heterocycles. The molecule has 9 heteroatoms. The Kier molecular flexibility index (Phi) is 5.58. The van der Waals surface area contributed by atoms with Crippen molar-refractivity contribution in [3.05, 3.63) is 46.3 Å². The molecule has 2 heterocycles. The molecule has 2 amide bonds. The first kappa shape index (κ1) is 18.4. The van der Waals surface area contributed by atoms with Crippen LogP contribution < -0.4 is 10.2 Å². The minimum absolute atomic E-state index is 0.0609. The molecule has 136 valence electrons. The smallest absolute Gasteiger partial charge is 0.274 e. The van der Waals surface area contributed by atoms with Crippen molar-refractivity contribution in [3.8, 4) is 0 Å². The van der Waals surface area contributed by atoms with Gasteiger partial charge in [-0.25, -0.2) is 9.97 Å². The van der Waals surface area contributed by atoms with Gasteiger partial charge in [0, 0.05) is 44.2 Å². The molecule has 0 saturated carbocycles. The molecule has 1 N–H and O–H groups in total. The van der Waals surface area contributed by atoms with E-state index in [1.807, 2.05) is 4.90 Å². The van der Waals surface area contributed by atoms with E-state index in [9.17, 15) is 9.59 Å². The SMILES string of the molecule is CC(=O)N1CCN(c2cc(C(=O)Nc3cc(Cl)ccc3Cl)ncn2)CC1. The second-order valence-corrected chi connectivity index (χ2v) is 6.68. The molecule has 2 aromatic rings. The fourth-order valence-electron chi connectivity index (χ4n) is 2.67. The largest absolute Gasteiger partial charge is 0.353 e. The zero-order chi connectivity index (χ0) is 18.7. The monoisotopic (exact) mass is 393 g/mol. The lowest BCUT2D eigenvalue weighted by Crippen LogP contribution is -2.48. The fourth-order valence-corrected chi connectivity index (χ4v) is 3.01. The molecule has 3 rings (SSSR count). The fraction of sp³-hybridized carbons (Fsp3) is 0.294. The van der Waals surface area contributed by atoms with Gasteiger partial charge >= 0.3 is 0 Å². The molecule has 1 aliphatic rings. The Bertz CT molecular complexity index is 838. The highest BCUT2D eigenvalue weighted by Crippen LogP contribution is 2.26. The van der Waals surface area contributed by atoms with Gasteiger partial charge in [0.25, 0.3) is 5.91 Å². The number of piperazine rings is 1. The Morgan fingerprint density at radius 3 is 2.50 bits per heavy atom. The topological polar surface area (TPSA) is 78.4 Å². The summed E-state index contributed by atoms with van der Waals surface area (Å²) >= 11 is 12.0. The van der Waals surface area contributed by atoms with Crippen LogP contribution >= 0.6 is 23.2 Å². The van der Waals surface area contributed by atoms with Gasteiger partial charge in [-0.05, 0) is 18.2 Å². The molecule has 7 nitrogen and oxygen atoms in total. The van der Waals surface area contributed by atoms with Crippen LogP contribution in [-0.2, 0) is 4.79 Å². The van der Waals surface area contributed by atoms with Crippen LogP contribution in [0.3, 0.4) is 0 Å². The van der Waals surface area contributed by atoms with Crippen molar-refractivity contribution in [2.45, 2.75) is 6.92 Å². The maximum atomic E-state index is 12.5. The van der Waals surface area contributed by atoms with Gasteiger partial charge in [0.15, 0.2) is 0 Å². The molecular formula is C17H17Cl2N5O2. The first-order valence-corrected chi connectivity index (χ1v) is 8.78. The lowest BCUT2D eigenvalue weighted by atomic mass is 10.2. The first-order chi connectivity index (χ1) is 12.4. The number of hydrogen-bond donors (Lipinski definition) is 1. The number of aromatic nitrogens is 2. The van der Waals surface area contributed by atoms with Gasteiger partial charge in [-0.1, -0.05) is 23.2 Å². The van der Waals surface area contributed by atoms with E-state index in [1.165, 1.54) is 6.33 Å². The van der Waals surface area contributed by atoms with Crippen molar-refractivity contribution >= 4 is 46.5 Å². The van der Waals surface area contributed by atoms with E-state index in [-0.39, 0.29) is 11.6 Å². The van der Waals surface area contributed by atoms with Crippen LogP contribution in [0.5, 0.6) is 0 Å². The van der Waals surface area contributed by atoms with E-state index in [2.05, 4.69) is 15.3 Å². The highest BCUT2D eigenvalue weighted by atomic mass is 35.5. The average Bonchev–Trinajstić information content (AvgIpc) is 2.65. The summed E-state index contributed by atoms with van der Waals surface area (Å²) in [7, 11) is 0. The summed E-state index contributed by atoms with van der Waals surface area (Å²) in [5.74, 6) is 0.302. The molecule has 0 spiro atoms. The Balaban J connectivity index is 1.72. The zero-order valence-electron chi connectivity index (χ0n) is 14.1. The van der Waals surface area contributed by atoms with Gasteiger partial charge in [0.05, 0.1) is 10.7 Å². The van der Waals surface area contributed by atoms with E-state index < -0.39 is 5.91 Å². The summed E-state index contributed by atoms with van der Waals surface area (Å²) in [4.78, 5) is 36.0. The number of amides is 2. The maximum Gasteiger partial charge on any atom is 0.274 e. The third-order valence-electron chi connectivity index (χ3n) is 4.11. The predicted octanol–water partition coefficient (Wildman–Crippen LogP) is 2.70. The summed E-state index contributed by atoms with van der Waals surface area (Å²) in [5.41, 5.74) is 0.638. The number of benzene rings is 1. The van der Waals surface area contributed by atoms with Crippen LogP contribution in [0.4, 0.5) is 11.5 Å². The van der Waals surface area contributed by atoms with Crippen LogP contribution in [-0.4, -0.2) is 52.9 Å². The second-order valence-electron chi connectivity index (χ2n) is 5.83. The lowest BCUT2D eigenvalue weighted by Gasteiger charge is -2.34. The quantitative estimate of drug-likeness (QED) is 0.866. The third kappa shape index (κ3) is 4.23. The average molecular weight is 394 g/mol. The normalized spacial score (nSPS) is 14.3. The number of nitrogens with zero attached hydrogens (tertiary/aromatic N) is 4. The minimum Gasteiger partial charge on any atom is -0.353 e. The molecule has 0 bridgehead atoms. The highest BCUT2D eigenvalue weighted by Gasteiger charge is 2.21. The number of anilines is 2. The molecule has 1 saturated heterocycles. The number of carbonyl (C=O) groups is 2. The van der Waals surface area contributed by atoms with Gasteiger partial charge in [-0.3, -0.25) is 9.59 Å². The van der Waals surface area contributed by atoms with Crippen LogP contribution in [0, 0.1) is 0 Å². The minimum atomic E-state index is -0.403. The molecule has 1 aromatic carbocycles. The van der Waals surface area contributed by atoms with E-state index in [0.717, 1.165) is 0 Å². The van der Waals surface area contributed by atoms with Crippen molar-refractivity contribution in [3.63, 3.8) is 0 Å². The number of rotatable bonds is 3. The van der Waals surface area contributed by atoms with Crippen molar-refractivity contribution < 1.29 is 9.59 Å². The van der Waals surface area contributed by atoms with Gasteiger partial charge in [-0.2, -0.15) is 0 Å². The Morgan fingerprint density at radius 1 is 1.08 bits per heavy atom. The first-order valence-electron chi connectivity index (χ1n) is 8.03. The Morgan fingerprint density at radius 2 is 1.81 bits per heavy atom. The number of carbonyl (C=O) groups excluding carboxylic acids is 2. The van der Waals surface area contributed by atoms with Crippen LogP contribution in [0.25, 0.3) is 0 Å². The van der Waals surface area contributed by atoms with Crippen molar-refractivity contribution in [1.29, 1.82) is 0 Å². The predicted molar refractivity (Wildman–Crippen MR) is 101 cm³/mol. The summed E-state index contributed by atoms with van der Waals surface area (Å²) in [6.07, 6.45) is 1.35. The van der Waals surface area contributed by atoms with Gasteiger partial charge < -0.3 is 15.1 Å². The van der Waals surface area contributed by atoms with Crippen LogP contribution in [0.2, 0.25) is 10.0 Å². The van der Waals surface area contributed by atoms with Crippen LogP contribution in [0.15, 0.2) is 30.6 Å². The Hall–Kier alpha value is -2.38. The van der Waals surface area contributed by atoms with Crippen molar-refractivity contribution in [1.82, 2.24) is 14.9 Å². The van der Waals surface area contributed by atoms with E-state index >= 15 is 0 Å². The summed E-state index contributed by atoms with van der Waals surface area (Å²) in [6, 6.07) is 6.45. The molecule has 0 radical (unpaired) electrons. The van der Waals surface area contributed by atoms with Crippen molar-refractivity contribution in [2.75, 3.05) is 36.4 Å². The molecule has 0 aliphatic carbocycles. The van der Waals surface area contributed by atoms with E-state index in [4.69, 9.17) is 23.2 Å². The Labute approximate surface area is 160 Å². The van der Waals surface area contributed by atoms with Crippen LogP contribution in [0.1, 0.15) is 17.4 Å². The number of nitrogens with one attached hydrogen (secondary N) is 1. The summed E-state index contributed by atoms with van der Waals surface area (Å²) in [6.45, 7) is 4.11. The lowest BCUT2D eigenvalue weighted by molar-refractivity contribution is -0.129.